The van der Waals surface area contributed by atoms with Crippen molar-refractivity contribution in [1.29, 1.82) is 0 Å². The molecule has 0 spiro atoms. The number of nitrogens with zero attached hydrogens (tertiary/aromatic N) is 3. The number of benzene rings is 1. The van der Waals surface area contributed by atoms with Gasteiger partial charge in [0.1, 0.15) is 11.5 Å². The van der Waals surface area contributed by atoms with Gasteiger partial charge in [-0.3, -0.25) is 0 Å². The number of nitrogen functional groups attached to an aromatic ring is 1. The predicted octanol–water partition coefficient (Wildman–Crippen LogP) is 1.61. The van der Waals surface area contributed by atoms with Crippen LogP contribution in [0.15, 0.2) is 18.2 Å². The van der Waals surface area contributed by atoms with Crippen molar-refractivity contribution in [2.24, 2.45) is 0 Å². The largest absolute Gasteiger partial charge is 0.497 e. The summed E-state index contributed by atoms with van der Waals surface area (Å²) in [7, 11) is 3.15. The topological polar surface area (TPSA) is 104 Å². The predicted molar refractivity (Wildman–Crippen MR) is 78.2 cm³/mol. The maximum absolute atomic E-state index is 5.63. The SMILES string of the molecule is CCOc1nc(N)nc(Nc2ccc(OC)cc2OC)n1. The molecular weight excluding hydrogens is 274 g/mol. The quantitative estimate of drug-likeness (QED) is 0.827. The van der Waals surface area contributed by atoms with Crippen molar-refractivity contribution in [3.63, 3.8) is 0 Å². The first kappa shape index (κ1) is 14.6. The maximum Gasteiger partial charge on any atom is 0.323 e. The number of ether oxygens (including phenoxy) is 3. The van der Waals surface area contributed by atoms with E-state index in [1.165, 1.54) is 0 Å². The van der Waals surface area contributed by atoms with Crippen LogP contribution in [0.3, 0.4) is 0 Å². The fourth-order valence-electron chi connectivity index (χ4n) is 1.64. The Balaban J connectivity index is 2.29. The minimum atomic E-state index is 0.0726. The van der Waals surface area contributed by atoms with Gasteiger partial charge in [-0.25, -0.2) is 0 Å². The van der Waals surface area contributed by atoms with Gasteiger partial charge in [0, 0.05) is 6.07 Å². The molecule has 0 radical (unpaired) electrons. The van der Waals surface area contributed by atoms with Crippen molar-refractivity contribution >= 4 is 17.6 Å². The summed E-state index contributed by atoms with van der Waals surface area (Å²) in [4.78, 5) is 12.0. The van der Waals surface area contributed by atoms with E-state index in [0.29, 0.717) is 23.8 Å². The van der Waals surface area contributed by atoms with Gasteiger partial charge in [0.15, 0.2) is 0 Å². The summed E-state index contributed by atoms with van der Waals surface area (Å²) in [5.74, 6) is 1.62. The Kier molecular flexibility index (Phi) is 4.60. The molecule has 8 nitrogen and oxygen atoms in total. The molecular formula is C13H17N5O3. The average Bonchev–Trinajstić information content (AvgIpc) is 2.47. The van der Waals surface area contributed by atoms with Crippen LogP contribution in [0.25, 0.3) is 0 Å². The maximum atomic E-state index is 5.63. The zero-order chi connectivity index (χ0) is 15.2. The first-order valence-electron chi connectivity index (χ1n) is 6.29. The molecule has 0 unspecified atom stereocenters. The lowest BCUT2D eigenvalue weighted by Gasteiger charge is -2.12. The second-order valence-electron chi connectivity index (χ2n) is 3.92. The Morgan fingerprint density at radius 1 is 1.14 bits per heavy atom. The molecule has 0 aliphatic rings. The summed E-state index contributed by atoms with van der Waals surface area (Å²) in [5, 5.41) is 3.01. The Morgan fingerprint density at radius 3 is 2.62 bits per heavy atom. The van der Waals surface area contributed by atoms with Crippen LogP contribution < -0.4 is 25.3 Å². The van der Waals surface area contributed by atoms with Crippen LogP contribution in [0.1, 0.15) is 6.92 Å². The molecule has 112 valence electrons. The molecule has 0 fully saturated rings. The molecule has 3 N–H and O–H groups in total. The van der Waals surface area contributed by atoms with E-state index in [0.717, 1.165) is 0 Å². The summed E-state index contributed by atoms with van der Waals surface area (Å²) < 4.78 is 15.7. The molecule has 2 rings (SSSR count). The van der Waals surface area contributed by atoms with Gasteiger partial charge in [0.05, 0.1) is 26.5 Å². The monoisotopic (exact) mass is 291 g/mol. The molecule has 8 heteroatoms. The normalized spacial score (nSPS) is 10.0. The molecule has 1 aromatic carbocycles. The lowest BCUT2D eigenvalue weighted by Crippen LogP contribution is -2.07. The highest BCUT2D eigenvalue weighted by atomic mass is 16.5. The lowest BCUT2D eigenvalue weighted by molar-refractivity contribution is 0.312. The van der Waals surface area contributed by atoms with Crippen LogP contribution in [0, 0.1) is 0 Å². The molecule has 21 heavy (non-hydrogen) atoms. The van der Waals surface area contributed by atoms with Crippen molar-refractivity contribution < 1.29 is 14.2 Å². The third-order valence-corrected chi connectivity index (χ3v) is 2.56. The van der Waals surface area contributed by atoms with Crippen LogP contribution in [0.4, 0.5) is 17.6 Å². The number of anilines is 3. The number of methoxy groups -OCH3 is 2. The Morgan fingerprint density at radius 2 is 1.95 bits per heavy atom. The third kappa shape index (κ3) is 3.62. The third-order valence-electron chi connectivity index (χ3n) is 2.56. The fraction of sp³-hybridized carbons (Fsp3) is 0.308. The first-order chi connectivity index (χ1) is 10.2. The van der Waals surface area contributed by atoms with E-state index < -0.39 is 0 Å². The molecule has 2 aromatic rings. The van der Waals surface area contributed by atoms with Crippen LogP contribution in [0.2, 0.25) is 0 Å². The molecule has 1 heterocycles. The standard InChI is InChI=1S/C13H17N5O3/c1-4-21-13-17-11(14)16-12(18-13)15-9-6-5-8(19-2)7-10(9)20-3/h5-7H,4H2,1-3H3,(H3,14,15,16,17,18). The van der Waals surface area contributed by atoms with Crippen molar-refractivity contribution in [3.8, 4) is 17.5 Å². The molecule has 0 saturated heterocycles. The van der Waals surface area contributed by atoms with E-state index in [1.54, 1.807) is 32.4 Å². The molecule has 0 saturated carbocycles. The number of hydrogen-bond donors (Lipinski definition) is 2. The van der Waals surface area contributed by atoms with Crippen molar-refractivity contribution in [1.82, 2.24) is 15.0 Å². The van der Waals surface area contributed by atoms with E-state index >= 15 is 0 Å². The van der Waals surface area contributed by atoms with E-state index in [-0.39, 0.29) is 17.9 Å². The Bertz CT molecular complexity index is 621. The first-order valence-corrected chi connectivity index (χ1v) is 6.29. The summed E-state index contributed by atoms with van der Waals surface area (Å²) in [5.41, 5.74) is 6.30. The molecule has 1 aromatic heterocycles. The molecule has 0 bridgehead atoms. The highest BCUT2D eigenvalue weighted by Gasteiger charge is 2.09. The number of nitrogens with two attached hydrogens (primary N) is 1. The number of rotatable bonds is 6. The second-order valence-corrected chi connectivity index (χ2v) is 3.92. The fourth-order valence-corrected chi connectivity index (χ4v) is 1.64. The van der Waals surface area contributed by atoms with Crippen molar-refractivity contribution in [3.05, 3.63) is 18.2 Å². The minimum Gasteiger partial charge on any atom is -0.497 e. The van der Waals surface area contributed by atoms with E-state index in [1.807, 2.05) is 6.92 Å². The van der Waals surface area contributed by atoms with Crippen LogP contribution in [0.5, 0.6) is 17.5 Å². The van der Waals surface area contributed by atoms with E-state index in [4.69, 9.17) is 19.9 Å². The number of nitrogens with one attached hydrogen (secondary N) is 1. The molecule has 0 aliphatic carbocycles. The second kappa shape index (κ2) is 6.60. The summed E-state index contributed by atoms with van der Waals surface area (Å²) >= 11 is 0. The summed E-state index contributed by atoms with van der Waals surface area (Å²) in [6, 6.07) is 5.49. The van der Waals surface area contributed by atoms with Gasteiger partial charge in [-0.2, -0.15) is 15.0 Å². The minimum absolute atomic E-state index is 0.0726. The Hall–Kier alpha value is -2.77. The van der Waals surface area contributed by atoms with Gasteiger partial charge in [0.25, 0.3) is 0 Å². The highest BCUT2D eigenvalue weighted by Crippen LogP contribution is 2.30. The Labute approximate surface area is 122 Å². The van der Waals surface area contributed by atoms with Crippen molar-refractivity contribution in [2.75, 3.05) is 31.9 Å². The molecule has 0 atom stereocenters. The van der Waals surface area contributed by atoms with Gasteiger partial charge >= 0.3 is 6.01 Å². The van der Waals surface area contributed by atoms with Gasteiger partial charge in [-0.15, -0.1) is 0 Å². The van der Waals surface area contributed by atoms with Gasteiger partial charge < -0.3 is 25.3 Å². The van der Waals surface area contributed by atoms with Gasteiger partial charge in [-0.1, -0.05) is 0 Å². The van der Waals surface area contributed by atoms with E-state index in [2.05, 4.69) is 20.3 Å². The highest BCUT2D eigenvalue weighted by molar-refractivity contribution is 5.64. The van der Waals surface area contributed by atoms with E-state index in [9.17, 15) is 0 Å². The van der Waals surface area contributed by atoms with Crippen LogP contribution >= 0.6 is 0 Å². The van der Waals surface area contributed by atoms with Gasteiger partial charge in [0.2, 0.25) is 11.9 Å². The average molecular weight is 291 g/mol. The lowest BCUT2D eigenvalue weighted by atomic mass is 10.2. The zero-order valence-corrected chi connectivity index (χ0v) is 12.1. The summed E-state index contributed by atoms with van der Waals surface area (Å²) in [6.07, 6.45) is 0. The molecule has 0 amide bonds. The zero-order valence-electron chi connectivity index (χ0n) is 12.1. The smallest absolute Gasteiger partial charge is 0.323 e. The number of aromatic nitrogens is 3. The van der Waals surface area contributed by atoms with Crippen LogP contribution in [-0.4, -0.2) is 35.8 Å². The number of hydrogen-bond acceptors (Lipinski definition) is 8. The molecule has 0 aliphatic heterocycles. The van der Waals surface area contributed by atoms with Crippen LogP contribution in [-0.2, 0) is 0 Å². The summed E-state index contributed by atoms with van der Waals surface area (Å²) in [6.45, 7) is 2.27. The van der Waals surface area contributed by atoms with Crippen molar-refractivity contribution in [2.45, 2.75) is 6.92 Å². The van der Waals surface area contributed by atoms with Gasteiger partial charge in [-0.05, 0) is 19.1 Å².